The number of esters is 1. The first-order valence-corrected chi connectivity index (χ1v) is 4.84. The molecule has 4 heteroatoms. The molecule has 0 aromatic carbocycles. The maximum atomic E-state index is 11.4. The first-order chi connectivity index (χ1) is 6.97. The van der Waals surface area contributed by atoms with E-state index in [0.717, 1.165) is 11.3 Å². The van der Waals surface area contributed by atoms with E-state index in [1.165, 1.54) is 7.11 Å². The quantitative estimate of drug-likeness (QED) is 0.769. The summed E-state index contributed by atoms with van der Waals surface area (Å²) in [7, 11) is 1.38. The fourth-order valence-corrected chi connectivity index (χ4v) is 1.21. The van der Waals surface area contributed by atoms with Gasteiger partial charge >= 0.3 is 5.97 Å². The number of carbonyl (C=O) groups is 1. The Morgan fingerprint density at radius 2 is 2.27 bits per heavy atom. The van der Waals surface area contributed by atoms with Gasteiger partial charge < -0.3 is 9.15 Å². The third kappa shape index (κ3) is 2.83. The fourth-order valence-electron chi connectivity index (χ4n) is 1.21. The Hall–Kier alpha value is -1.29. The summed E-state index contributed by atoms with van der Waals surface area (Å²) < 4.78 is 9.94. The number of furan rings is 1. The number of carbonyl (C=O) groups excluding carboxylic acids is 1. The topological polar surface area (TPSA) is 51.5 Å². The number of hydrogen-bond donors (Lipinski definition) is 1. The van der Waals surface area contributed by atoms with Crippen LogP contribution in [0.1, 0.15) is 25.2 Å². The number of hydrogen-bond acceptors (Lipinski definition) is 4. The Labute approximate surface area is 89.6 Å². The zero-order chi connectivity index (χ0) is 11.5. The maximum Gasteiger partial charge on any atom is 0.325 e. The van der Waals surface area contributed by atoms with Crippen LogP contribution in [0.3, 0.4) is 0 Å². The van der Waals surface area contributed by atoms with Crippen molar-refractivity contribution in [3.8, 4) is 0 Å². The van der Waals surface area contributed by atoms with Crippen molar-refractivity contribution in [2.24, 2.45) is 0 Å². The van der Waals surface area contributed by atoms with E-state index in [0.29, 0.717) is 6.54 Å². The highest BCUT2D eigenvalue weighted by atomic mass is 16.5. The van der Waals surface area contributed by atoms with Crippen molar-refractivity contribution >= 4 is 5.97 Å². The van der Waals surface area contributed by atoms with E-state index < -0.39 is 5.54 Å². The van der Waals surface area contributed by atoms with Crippen LogP contribution >= 0.6 is 0 Å². The molecule has 1 heterocycles. The van der Waals surface area contributed by atoms with Gasteiger partial charge in [0.1, 0.15) is 11.3 Å². The summed E-state index contributed by atoms with van der Waals surface area (Å²) in [5.74, 6) is 0.554. The molecule has 84 valence electrons. The van der Waals surface area contributed by atoms with E-state index >= 15 is 0 Å². The molecule has 0 bridgehead atoms. The van der Waals surface area contributed by atoms with E-state index in [1.54, 1.807) is 20.1 Å². The Morgan fingerprint density at radius 3 is 2.73 bits per heavy atom. The highest BCUT2D eigenvalue weighted by molar-refractivity contribution is 5.79. The van der Waals surface area contributed by atoms with E-state index in [9.17, 15) is 4.79 Å². The molecule has 0 saturated carbocycles. The van der Waals surface area contributed by atoms with Crippen LogP contribution < -0.4 is 5.32 Å². The second-order valence-electron chi connectivity index (χ2n) is 4.00. The second-order valence-corrected chi connectivity index (χ2v) is 4.00. The maximum absolute atomic E-state index is 11.4. The highest BCUT2D eigenvalue weighted by Crippen LogP contribution is 2.11. The zero-order valence-corrected chi connectivity index (χ0v) is 9.59. The van der Waals surface area contributed by atoms with Gasteiger partial charge in [0.05, 0.1) is 19.9 Å². The van der Waals surface area contributed by atoms with Gasteiger partial charge in [-0.15, -0.1) is 0 Å². The van der Waals surface area contributed by atoms with E-state index in [2.05, 4.69) is 10.1 Å². The fraction of sp³-hybridized carbons (Fsp3) is 0.545. The van der Waals surface area contributed by atoms with Crippen molar-refractivity contribution in [3.63, 3.8) is 0 Å². The highest BCUT2D eigenvalue weighted by Gasteiger charge is 2.28. The summed E-state index contributed by atoms with van der Waals surface area (Å²) in [6, 6.07) is 1.89. The first-order valence-electron chi connectivity index (χ1n) is 4.84. The zero-order valence-electron chi connectivity index (χ0n) is 9.59. The lowest BCUT2D eigenvalue weighted by molar-refractivity contribution is -0.147. The molecule has 0 saturated heterocycles. The minimum absolute atomic E-state index is 0.285. The monoisotopic (exact) mass is 211 g/mol. The van der Waals surface area contributed by atoms with Crippen molar-refractivity contribution in [2.75, 3.05) is 7.11 Å². The number of rotatable bonds is 4. The molecule has 0 radical (unpaired) electrons. The van der Waals surface area contributed by atoms with Crippen molar-refractivity contribution in [1.29, 1.82) is 0 Å². The summed E-state index contributed by atoms with van der Waals surface area (Å²) >= 11 is 0. The number of ether oxygens (including phenoxy) is 1. The predicted molar refractivity (Wildman–Crippen MR) is 56.4 cm³/mol. The Balaban J connectivity index is 2.57. The van der Waals surface area contributed by atoms with Gasteiger partial charge in [-0.1, -0.05) is 0 Å². The minimum Gasteiger partial charge on any atom is -0.468 e. The molecule has 0 amide bonds. The summed E-state index contributed by atoms with van der Waals surface area (Å²) in [5, 5.41) is 3.08. The SMILES string of the molecule is COC(=O)C(C)(C)NCc1occc1C. The molecule has 1 rings (SSSR count). The summed E-state index contributed by atoms with van der Waals surface area (Å²) in [6.45, 7) is 6.03. The largest absolute Gasteiger partial charge is 0.468 e. The molecule has 0 atom stereocenters. The lowest BCUT2D eigenvalue weighted by Crippen LogP contribution is -2.46. The average molecular weight is 211 g/mol. The molecular formula is C11H17NO3. The van der Waals surface area contributed by atoms with Gasteiger partial charge in [-0.2, -0.15) is 0 Å². The standard InChI is InChI=1S/C11H17NO3/c1-8-5-6-15-9(8)7-12-11(2,3)10(13)14-4/h5-6,12H,7H2,1-4H3. The molecule has 0 aliphatic rings. The Bertz CT molecular complexity index is 341. The van der Waals surface area contributed by atoms with Gasteiger partial charge in [0, 0.05) is 0 Å². The van der Waals surface area contributed by atoms with Gasteiger partial charge in [-0.25, -0.2) is 0 Å². The summed E-state index contributed by atoms with van der Waals surface area (Å²) in [6.07, 6.45) is 1.64. The molecule has 0 spiro atoms. The normalized spacial score (nSPS) is 11.5. The van der Waals surface area contributed by atoms with Crippen molar-refractivity contribution < 1.29 is 13.9 Å². The van der Waals surface area contributed by atoms with Gasteiger partial charge in [0.25, 0.3) is 0 Å². The van der Waals surface area contributed by atoms with Crippen LogP contribution in [0.5, 0.6) is 0 Å². The summed E-state index contributed by atoms with van der Waals surface area (Å²) in [4.78, 5) is 11.4. The third-order valence-electron chi connectivity index (χ3n) is 2.35. The lowest BCUT2D eigenvalue weighted by Gasteiger charge is -2.22. The molecular weight excluding hydrogens is 194 g/mol. The number of nitrogens with one attached hydrogen (secondary N) is 1. The van der Waals surface area contributed by atoms with Crippen molar-refractivity contribution in [1.82, 2.24) is 5.32 Å². The smallest absolute Gasteiger partial charge is 0.325 e. The summed E-state index contributed by atoms with van der Waals surface area (Å²) in [5.41, 5.74) is 0.372. The lowest BCUT2D eigenvalue weighted by atomic mass is 10.1. The van der Waals surface area contributed by atoms with Crippen molar-refractivity contribution in [3.05, 3.63) is 23.7 Å². The average Bonchev–Trinajstić information content (AvgIpc) is 2.60. The van der Waals surface area contributed by atoms with Gasteiger partial charge in [0.15, 0.2) is 0 Å². The van der Waals surface area contributed by atoms with Gasteiger partial charge in [-0.3, -0.25) is 10.1 Å². The van der Waals surface area contributed by atoms with Crippen LogP contribution in [0, 0.1) is 6.92 Å². The van der Waals surface area contributed by atoms with Gasteiger partial charge in [0.2, 0.25) is 0 Å². The molecule has 0 fully saturated rings. The van der Waals surface area contributed by atoms with Crippen LogP contribution in [-0.4, -0.2) is 18.6 Å². The van der Waals surface area contributed by atoms with E-state index in [-0.39, 0.29) is 5.97 Å². The third-order valence-corrected chi connectivity index (χ3v) is 2.35. The van der Waals surface area contributed by atoms with Crippen LogP contribution in [0.4, 0.5) is 0 Å². The van der Waals surface area contributed by atoms with Crippen LogP contribution in [0.15, 0.2) is 16.7 Å². The molecule has 4 nitrogen and oxygen atoms in total. The molecule has 1 N–H and O–H groups in total. The van der Waals surface area contributed by atoms with Crippen molar-refractivity contribution in [2.45, 2.75) is 32.9 Å². The van der Waals surface area contributed by atoms with E-state index in [4.69, 9.17) is 4.42 Å². The van der Waals surface area contributed by atoms with Crippen LogP contribution in [0.25, 0.3) is 0 Å². The van der Waals surface area contributed by atoms with Gasteiger partial charge in [-0.05, 0) is 32.4 Å². The second kappa shape index (κ2) is 4.49. The number of aryl methyl sites for hydroxylation is 1. The number of methoxy groups -OCH3 is 1. The van der Waals surface area contributed by atoms with Crippen LogP contribution in [0.2, 0.25) is 0 Å². The Kier molecular flexibility index (Phi) is 3.52. The Morgan fingerprint density at radius 1 is 1.60 bits per heavy atom. The molecule has 0 aliphatic heterocycles. The molecule has 15 heavy (non-hydrogen) atoms. The predicted octanol–water partition coefficient (Wildman–Crippen LogP) is 1.63. The van der Waals surface area contributed by atoms with Crippen LogP contribution in [-0.2, 0) is 16.1 Å². The molecule has 0 aliphatic carbocycles. The minimum atomic E-state index is -0.700. The molecule has 0 unspecified atom stereocenters. The molecule has 1 aromatic heterocycles. The molecule has 1 aromatic rings. The first kappa shape index (κ1) is 11.8. The van der Waals surface area contributed by atoms with E-state index in [1.807, 2.05) is 13.0 Å².